The number of morpholine rings is 1. The van der Waals surface area contributed by atoms with Crippen LogP contribution in [0.3, 0.4) is 0 Å². The SMILES string of the molecule is CC(C)(C)C(=O)Nc1ccc(F)c(S(=O)(=O)N2CCOCC2)c1. The van der Waals surface area contributed by atoms with Gasteiger partial charge in [-0.25, -0.2) is 12.8 Å². The fourth-order valence-corrected chi connectivity index (χ4v) is 3.52. The van der Waals surface area contributed by atoms with E-state index in [9.17, 15) is 17.6 Å². The molecule has 0 aliphatic carbocycles. The summed E-state index contributed by atoms with van der Waals surface area (Å²) >= 11 is 0. The fourth-order valence-electron chi connectivity index (χ4n) is 2.02. The van der Waals surface area contributed by atoms with Crippen LogP contribution in [-0.2, 0) is 19.6 Å². The van der Waals surface area contributed by atoms with Crippen molar-refractivity contribution < 1.29 is 22.3 Å². The molecule has 0 radical (unpaired) electrons. The van der Waals surface area contributed by atoms with Crippen LogP contribution in [0.1, 0.15) is 20.8 Å². The van der Waals surface area contributed by atoms with Crippen LogP contribution in [0, 0.1) is 11.2 Å². The molecule has 0 unspecified atom stereocenters. The Balaban J connectivity index is 2.32. The number of hydrogen-bond donors (Lipinski definition) is 1. The number of nitrogens with one attached hydrogen (secondary N) is 1. The lowest BCUT2D eigenvalue weighted by Gasteiger charge is -2.26. The average Bonchev–Trinajstić information content (AvgIpc) is 2.49. The van der Waals surface area contributed by atoms with Gasteiger partial charge in [-0.3, -0.25) is 4.79 Å². The van der Waals surface area contributed by atoms with Gasteiger partial charge in [-0.05, 0) is 18.2 Å². The van der Waals surface area contributed by atoms with E-state index in [1.165, 1.54) is 10.4 Å². The number of anilines is 1. The van der Waals surface area contributed by atoms with Gasteiger partial charge in [0.1, 0.15) is 10.7 Å². The Kier molecular flexibility index (Phi) is 5.07. The first-order valence-corrected chi connectivity index (χ1v) is 8.75. The molecule has 1 fully saturated rings. The number of halogens is 1. The fraction of sp³-hybridized carbons (Fsp3) is 0.533. The van der Waals surface area contributed by atoms with Crippen LogP contribution in [-0.4, -0.2) is 44.9 Å². The van der Waals surface area contributed by atoms with E-state index >= 15 is 0 Å². The smallest absolute Gasteiger partial charge is 0.246 e. The van der Waals surface area contributed by atoms with E-state index in [1.807, 2.05) is 0 Å². The first-order chi connectivity index (χ1) is 10.6. The van der Waals surface area contributed by atoms with Crippen molar-refractivity contribution in [1.29, 1.82) is 0 Å². The Morgan fingerprint density at radius 2 is 1.87 bits per heavy atom. The molecule has 1 saturated heterocycles. The van der Waals surface area contributed by atoms with Crippen molar-refractivity contribution in [2.24, 2.45) is 5.41 Å². The first kappa shape index (κ1) is 17.8. The van der Waals surface area contributed by atoms with Crippen molar-refractivity contribution in [3.63, 3.8) is 0 Å². The highest BCUT2D eigenvalue weighted by molar-refractivity contribution is 7.89. The zero-order chi connectivity index (χ0) is 17.3. The lowest BCUT2D eigenvalue weighted by Crippen LogP contribution is -2.41. The minimum Gasteiger partial charge on any atom is -0.379 e. The number of ether oxygens (including phenoxy) is 1. The summed E-state index contributed by atoms with van der Waals surface area (Å²) in [5.74, 6) is -1.12. The van der Waals surface area contributed by atoms with Gasteiger partial charge in [0.15, 0.2) is 0 Å². The van der Waals surface area contributed by atoms with Gasteiger partial charge in [-0.1, -0.05) is 20.8 Å². The second kappa shape index (κ2) is 6.54. The van der Waals surface area contributed by atoms with E-state index in [2.05, 4.69) is 5.32 Å². The molecule has 6 nitrogen and oxygen atoms in total. The van der Waals surface area contributed by atoms with Crippen molar-refractivity contribution in [3.05, 3.63) is 24.0 Å². The van der Waals surface area contributed by atoms with Crippen LogP contribution < -0.4 is 5.32 Å². The molecule has 1 aliphatic rings. The van der Waals surface area contributed by atoms with E-state index < -0.39 is 26.2 Å². The Hall–Kier alpha value is -1.51. The van der Waals surface area contributed by atoms with Crippen molar-refractivity contribution in [1.82, 2.24) is 4.31 Å². The summed E-state index contributed by atoms with van der Waals surface area (Å²) in [6.07, 6.45) is 0. The summed E-state index contributed by atoms with van der Waals surface area (Å²) in [7, 11) is -3.96. The number of rotatable bonds is 3. The summed E-state index contributed by atoms with van der Waals surface area (Å²) in [5, 5.41) is 2.61. The second-order valence-corrected chi connectivity index (χ2v) is 8.27. The molecule has 0 aromatic heterocycles. The van der Waals surface area contributed by atoms with Crippen LogP contribution in [0.4, 0.5) is 10.1 Å². The zero-order valence-corrected chi connectivity index (χ0v) is 14.2. The predicted octanol–water partition coefficient (Wildman–Crippen LogP) is 1.83. The van der Waals surface area contributed by atoms with Gasteiger partial charge in [0, 0.05) is 24.2 Å². The van der Waals surface area contributed by atoms with E-state index in [0.29, 0.717) is 0 Å². The predicted molar refractivity (Wildman–Crippen MR) is 84.1 cm³/mol. The van der Waals surface area contributed by atoms with Gasteiger partial charge >= 0.3 is 0 Å². The van der Waals surface area contributed by atoms with E-state index in [1.54, 1.807) is 20.8 Å². The number of carbonyl (C=O) groups is 1. The highest BCUT2D eigenvalue weighted by Crippen LogP contribution is 2.25. The van der Waals surface area contributed by atoms with Gasteiger partial charge in [0.25, 0.3) is 0 Å². The largest absolute Gasteiger partial charge is 0.379 e. The van der Waals surface area contributed by atoms with Crippen LogP contribution >= 0.6 is 0 Å². The maximum absolute atomic E-state index is 14.0. The molecule has 0 atom stereocenters. The summed E-state index contributed by atoms with van der Waals surface area (Å²) in [6, 6.07) is 3.55. The number of hydrogen-bond acceptors (Lipinski definition) is 4. The summed E-state index contributed by atoms with van der Waals surface area (Å²) in [5.41, 5.74) is -0.393. The molecule has 128 valence electrons. The number of nitrogens with zero attached hydrogens (tertiary/aromatic N) is 1. The zero-order valence-electron chi connectivity index (χ0n) is 13.4. The molecule has 0 saturated carbocycles. The number of benzene rings is 1. The summed E-state index contributed by atoms with van der Waals surface area (Å²) in [4.78, 5) is 11.6. The third-order valence-corrected chi connectivity index (χ3v) is 5.37. The van der Waals surface area contributed by atoms with Gasteiger partial charge in [-0.2, -0.15) is 4.31 Å². The Bertz CT molecular complexity index is 692. The van der Waals surface area contributed by atoms with Crippen LogP contribution in [0.2, 0.25) is 0 Å². The monoisotopic (exact) mass is 344 g/mol. The van der Waals surface area contributed by atoms with Gasteiger partial charge in [0.2, 0.25) is 15.9 Å². The molecule has 0 bridgehead atoms. The third-order valence-electron chi connectivity index (χ3n) is 3.46. The molecule has 1 aliphatic heterocycles. The molecule has 1 N–H and O–H groups in total. The van der Waals surface area contributed by atoms with Crippen molar-refractivity contribution >= 4 is 21.6 Å². The molecule has 0 spiro atoms. The van der Waals surface area contributed by atoms with Crippen LogP contribution in [0.15, 0.2) is 23.1 Å². The van der Waals surface area contributed by atoms with E-state index in [0.717, 1.165) is 12.1 Å². The Morgan fingerprint density at radius 1 is 1.26 bits per heavy atom. The molecular formula is C15H21FN2O4S. The highest BCUT2D eigenvalue weighted by Gasteiger charge is 2.30. The Morgan fingerprint density at radius 3 is 2.43 bits per heavy atom. The molecular weight excluding hydrogens is 323 g/mol. The van der Waals surface area contributed by atoms with Gasteiger partial charge in [-0.15, -0.1) is 0 Å². The topological polar surface area (TPSA) is 75.7 Å². The molecule has 23 heavy (non-hydrogen) atoms. The molecule has 1 amide bonds. The molecule has 1 heterocycles. The minimum atomic E-state index is -3.96. The third kappa shape index (κ3) is 4.07. The van der Waals surface area contributed by atoms with Crippen molar-refractivity contribution in [3.8, 4) is 0 Å². The lowest BCUT2D eigenvalue weighted by atomic mass is 9.95. The maximum Gasteiger partial charge on any atom is 0.246 e. The molecule has 1 aromatic rings. The number of carbonyl (C=O) groups excluding carboxylic acids is 1. The molecule has 1 aromatic carbocycles. The minimum absolute atomic E-state index is 0.181. The quantitative estimate of drug-likeness (QED) is 0.908. The number of amides is 1. The first-order valence-electron chi connectivity index (χ1n) is 7.31. The maximum atomic E-state index is 14.0. The van der Waals surface area contributed by atoms with Gasteiger partial charge < -0.3 is 10.1 Å². The van der Waals surface area contributed by atoms with Crippen LogP contribution in [0.25, 0.3) is 0 Å². The molecule has 2 rings (SSSR count). The average molecular weight is 344 g/mol. The lowest BCUT2D eigenvalue weighted by molar-refractivity contribution is -0.123. The normalized spacial score (nSPS) is 17.0. The Labute approximate surface area is 135 Å². The van der Waals surface area contributed by atoms with E-state index in [4.69, 9.17) is 4.74 Å². The van der Waals surface area contributed by atoms with Crippen LogP contribution in [0.5, 0.6) is 0 Å². The second-order valence-electron chi connectivity index (χ2n) is 6.37. The summed E-state index contributed by atoms with van der Waals surface area (Å²) in [6.45, 7) is 6.12. The van der Waals surface area contributed by atoms with Crippen molar-refractivity contribution in [2.45, 2.75) is 25.7 Å². The van der Waals surface area contributed by atoms with Gasteiger partial charge in [0.05, 0.1) is 13.2 Å². The number of sulfonamides is 1. The highest BCUT2D eigenvalue weighted by atomic mass is 32.2. The van der Waals surface area contributed by atoms with E-state index in [-0.39, 0.29) is 37.9 Å². The standard InChI is InChI=1S/C15H21FN2O4S/c1-15(2,3)14(19)17-11-4-5-12(16)13(10-11)23(20,21)18-6-8-22-9-7-18/h4-5,10H,6-9H2,1-3H3,(H,17,19). The molecule has 8 heteroatoms. The summed E-state index contributed by atoms with van der Waals surface area (Å²) < 4.78 is 45.5. The van der Waals surface area contributed by atoms with Crippen molar-refractivity contribution in [2.75, 3.05) is 31.6 Å².